The quantitative estimate of drug-likeness (QED) is 0.331. The van der Waals surface area contributed by atoms with Crippen LogP contribution in [0.5, 0.6) is 0 Å². The molecule has 0 unspecified atom stereocenters. The number of nitrogens with one attached hydrogen (secondary N) is 2. The number of halogens is 1. The van der Waals surface area contributed by atoms with Gasteiger partial charge in [0.05, 0.1) is 10.7 Å². The molecule has 2 N–H and O–H groups in total. The summed E-state index contributed by atoms with van der Waals surface area (Å²) < 4.78 is 0. The summed E-state index contributed by atoms with van der Waals surface area (Å²) >= 11 is 6.17. The van der Waals surface area contributed by atoms with Gasteiger partial charge in [0.25, 0.3) is 0 Å². The molecule has 4 aromatic rings. The fourth-order valence-electron chi connectivity index (χ4n) is 4.25. The number of nitrogens with zero attached hydrogens (tertiary/aromatic N) is 4. The van der Waals surface area contributed by atoms with E-state index in [1.807, 2.05) is 6.07 Å². The minimum atomic E-state index is -0.194. The molecule has 0 fully saturated rings. The lowest BCUT2D eigenvalue weighted by atomic mass is 9.91. The minimum absolute atomic E-state index is 0.194. The Morgan fingerprint density at radius 2 is 1.75 bits per heavy atom. The highest BCUT2D eigenvalue weighted by atomic mass is 35.5. The van der Waals surface area contributed by atoms with Crippen molar-refractivity contribution in [3.8, 4) is 11.1 Å². The first-order chi connectivity index (χ1) is 17.6. The third-order valence-electron chi connectivity index (χ3n) is 5.94. The van der Waals surface area contributed by atoms with Gasteiger partial charge in [-0.3, -0.25) is 4.79 Å². The molecule has 3 aromatic carbocycles. The van der Waals surface area contributed by atoms with Crippen molar-refractivity contribution in [1.82, 2.24) is 15.0 Å². The molecule has 5 rings (SSSR count). The number of aromatic nitrogens is 3. The topological polar surface area (TPSA) is 83.0 Å². The van der Waals surface area contributed by atoms with Crippen LogP contribution in [0.1, 0.15) is 18.9 Å². The highest BCUT2D eigenvalue weighted by molar-refractivity contribution is 6.33. The van der Waals surface area contributed by atoms with Gasteiger partial charge in [-0.2, -0.15) is 4.98 Å². The lowest BCUT2D eigenvalue weighted by Gasteiger charge is -2.27. The fourth-order valence-corrected chi connectivity index (χ4v) is 4.41. The van der Waals surface area contributed by atoms with Crippen LogP contribution in [0.15, 0.2) is 85.2 Å². The average Bonchev–Trinajstić information content (AvgIpc) is 2.91. The highest BCUT2D eigenvalue weighted by Crippen LogP contribution is 2.33. The van der Waals surface area contributed by atoms with Crippen molar-refractivity contribution in [2.24, 2.45) is 0 Å². The normalized spacial score (nSPS) is 13.2. The van der Waals surface area contributed by atoms with Crippen LogP contribution >= 0.6 is 11.6 Å². The van der Waals surface area contributed by atoms with Gasteiger partial charge >= 0.3 is 0 Å². The zero-order valence-corrected chi connectivity index (χ0v) is 20.5. The predicted octanol–water partition coefficient (Wildman–Crippen LogP) is 6.19. The van der Waals surface area contributed by atoms with Crippen molar-refractivity contribution in [3.63, 3.8) is 0 Å². The molecule has 1 aliphatic heterocycles. The molecule has 1 aliphatic rings. The van der Waals surface area contributed by atoms with Gasteiger partial charge in [0.1, 0.15) is 6.33 Å². The van der Waals surface area contributed by atoms with Crippen LogP contribution in [-0.4, -0.2) is 33.9 Å². The Hall–Kier alpha value is -4.23. The largest absolute Gasteiger partial charge is 0.337 e. The van der Waals surface area contributed by atoms with Gasteiger partial charge in [0.2, 0.25) is 17.8 Å². The van der Waals surface area contributed by atoms with E-state index in [1.165, 1.54) is 35.5 Å². The summed E-state index contributed by atoms with van der Waals surface area (Å²) in [6.45, 7) is 2.94. The maximum absolute atomic E-state index is 11.4. The molecule has 2 heterocycles. The third kappa shape index (κ3) is 5.37. The van der Waals surface area contributed by atoms with Crippen molar-refractivity contribution in [2.45, 2.75) is 13.3 Å². The second-order valence-electron chi connectivity index (χ2n) is 8.45. The molecule has 1 amide bonds. The fraction of sp³-hybridized carbons (Fsp3) is 0.143. The van der Waals surface area contributed by atoms with Gasteiger partial charge in [-0.1, -0.05) is 72.3 Å². The molecule has 7 nitrogen and oxygen atoms in total. The van der Waals surface area contributed by atoms with Crippen LogP contribution in [0.25, 0.3) is 16.7 Å². The summed E-state index contributed by atoms with van der Waals surface area (Å²) in [5.74, 6) is 0.830. The van der Waals surface area contributed by atoms with Crippen LogP contribution in [0.3, 0.4) is 0 Å². The molecule has 0 aliphatic carbocycles. The average molecular weight is 497 g/mol. The van der Waals surface area contributed by atoms with Crippen molar-refractivity contribution in [2.75, 3.05) is 28.6 Å². The molecule has 0 spiro atoms. The monoisotopic (exact) mass is 496 g/mol. The van der Waals surface area contributed by atoms with Crippen LogP contribution < -0.4 is 15.5 Å². The van der Waals surface area contributed by atoms with E-state index in [4.69, 9.17) is 11.6 Å². The van der Waals surface area contributed by atoms with E-state index in [0.29, 0.717) is 34.8 Å². The predicted molar refractivity (Wildman–Crippen MR) is 146 cm³/mol. The number of amides is 1. The van der Waals surface area contributed by atoms with Crippen molar-refractivity contribution < 1.29 is 4.79 Å². The van der Waals surface area contributed by atoms with Crippen molar-refractivity contribution in [3.05, 3.63) is 95.8 Å². The smallest absolute Gasteiger partial charge is 0.232 e. The summed E-state index contributed by atoms with van der Waals surface area (Å²) in [7, 11) is 0. The van der Waals surface area contributed by atoms with E-state index in [9.17, 15) is 4.79 Å². The molecule has 1 aromatic heterocycles. The molecule has 0 radical (unpaired) electrons. The van der Waals surface area contributed by atoms with Gasteiger partial charge in [0.15, 0.2) is 0 Å². The molecular formula is C28H25ClN6O. The third-order valence-corrected chi connectivity index (χ3v) is 6.27. The number of carbonyl (C=O) groups excluding carboxylic acids is 1. The van der Waals surface area contributed by atoms with E-state index in [1.54, 1.807) is 18.2 Å². The van der Waals surface area contributed by atoms with Gasteiger partial charge in [-0.05, 0) is 46.9 Å². The summed E-state index contributed by atoms with van der Waals surface area (Å²) in [4.78, 5) is 26.8. The molecule has 0 saturated carbocycles. The summed E-state index contributed by atoms with van der Waals surface area (Å²) in [5, 5.41) is 6.34. The minimum Gasteiger partial charge on any atom is -0.337 e. The lowest BCUT2D eigenvalue weighted by Crippen LogP contribution is -2.30. The standard InChI is InChI=1S/C28H25ClN6O/c1-19(36)32-26-17-22(11-12-25(26)29)33-27-30-18-31-28(34-27)35-15-13-21(14-16-35)24-10-6-5-9-23(24)20-7-3-2-4-8-20/h2-13,17-18H,14-16H2,1H3,(H,32,36)(H,30,31,33,34). The van der Waals surface area contributed by atoms with Crippen molar-refractivity contribution >= 4 is 46.4 Å². The maximum atomic E-state index is 11.4. The first kappa shape index (κ1) is 23.5. The molecule has 0 bridgehead atoms. The molecule has 180 valence electrons. The lowest BCUT2D eigenvalue weighted by molar-refractivity contribution is -0.114. The van der Waals surface area contributed by atoms with Gasteiger partial charge in [-0.25, -0.2) is 9.97 Å². The van der Waals surface area contributed by atoms with Gasteiger partial charge < -0.3 is 15.5 Å². The highest BCUT2D eigenvalue weighted by Gasteiger charge is 2.18. The maximum Gasteiger partial charge on any atom is 0.232 e. The summed E-state index contributed by atoms with van der Waals surface area (Å²) in [6, 6.07) is 24.3. The Balaban J connectivity index is 1.32. The van der Waals surface area contributed by atoms with E-state index < -0.39 is 0 Å². The number of hydrogen-bond acceptors (Lipinski definition) is 6. The van der Waals surface area contributed by atoms with E-state index in [2.05, 4.69) is 85.1 Å². The van der Waals surface area contributed by atoms with Crippen molar-refractivity contribution in [1.29, 1.82) is 0 Å². The Morgan fingerprint density at radius 1 is 0.972 bits per heavy atom. The number of benzene rings is 3. The van der Waals surface area contributed by atoms with Gasteiger partial charge in [0, 0.05) is 25.7 Å². The zero-order chi connectivity index (χ0) is 24.9. The molecule has 0 saturated heterocycles. The number of carbonyl (C=O) groups is 1. The van der Waals surface area contributed by atoms with Gasteiger partial charge in [-0.15, -0.1) is 0 Å². The molecular weight excluding hydrogens is 472 g/mol. The Kier molecular flexibility index (Phi) is 6.91. The van der Waals surface area contributed by atoms with Crippen LogP contribution in [0.2, 0.25) is 5.02 Å². The van der Waals surface area contributed by atoms with Crippen LogP contribution in [-0.2, 0) is 4.79 Å². The molecule has 8 heteroatoms. The Bertz CT molecular complexity index is 1420. The Labute approximate surface area is 214 Å². The number of rotatable bonds is 6. The molecule has 36 heavy (non-hydrogen) atoms. The summed E-state index contributed by atoms with van der Waals surface area (Å²) in [5.41, 5.74) is 6.27. The zero-order valence-electron chi connectivity index (χ0n) is 19.8. The van der Waals surface area contributed by atoms with Crippen LogP contribution in [0.4, 0.5) is 23.3 Å². The second kappa shape index (κ2) is 10.6. The second-order valence-corrected chi connectivity index (χ2v) is 8.85. The van der Waals surface area contributed by atoms with Crippen LogP contribution in [0, 0.1) is 0 Å². The Morgan fingerprint density at radius 3 is 2.50 bits per heavy atom. The molecule has 0 atom stereocenters. The van der Waals surface area contributed by atoms with E-state index in [0.717, 1.165) is 13.0 Å². The van der Waals surface area contributed by atoms with E-state index in [-0.39, 0.29) is 5.91 Å². The van der Waals surface area contributed by atoms with E-state index >= 15 is 0 Å². The summed E-state index contributed by atoms with van der Waals surface area (Å²) in [6.07, 6.45) is 4.63. The SMILES string of the molecule is CC(=O)Nc1cc(Nc2ncnc(N3CC=C(c4ccccc4-c4ccccc4)CC3)n2)ccc1Cl. The number of hydrogen-bond donors (Lipinski definition) is 2. The first-order valence-corrected chi connectivity index (χ1v) is 12.1. The first-order valence-electron chi connectivity index (χ1n) is 11.7. The number of anilines is 4.